The molecular formula is C14H20F3N3OS. The van der Waals surface area contributed by atoms with Crippen molar-refractivity contribution in [3.63, 3.8) is 0 Å². The van der Waals surface area contributed by atoms with Crippen molar-refractivity contribution in [1.29, 1.82) is 0 Å². The van der Waals surface area contributed by atoms with Crippen LogP contribution in [0.2, 0.25) is 0 Å². The zero-order valence-corrected chi connectivity index (χ0v) is 13.4. The van der Waals surface area contributed by atoms with Gasteiger partial charge in [-0.25, -0.2) is 4.98 Å². The smallest absolute Gasteiger partial charge is 0.341 e. The molecule has 1 aliphatic rings. The maximum absolute atomic E-state index is 12.8. The highest BCUT2D eigenvalue weighted by Crippen LogP contribution is 2.33. The van der Waals surface area contributed by atoms with Gasteiger partial charge in [-0.1, -0.05) is 0 Å². The molecule has 1 saturated heterocycles. The van der Waals surface area contributed by atoms with E-state index in [0.29, 0.717) is 13.0 Å². The van der Waals surface area contributed by atoms with E-state index in [1.54, 1.807) is 6.20 Å². The highest BCUT2D eigenvalue weighted by molar-refractivity contribution is 7.09. The van der Waals surface area contributed by atoms with E-state index in [-0.39, 0.29) is 25.4 Å². The lowest BCUT2D eigenvalue weighted by Crippen LogP contribution is -2.49. The molecular weight excluding hydrogens is 315 g/mol. The summed E-state index contributed by atoms with van der Waals surface area (Å²) in [6.45, 7) is 3.96. The number of amides is 1. The van der Waals surface area contributed by atoms with E-state index in [4.69, 9.17) is 0 Å². The highest BCUT2D eigenvalue weighted by Gasteiger charge is 2.42. The molecule has 1 fully saturated rings. The number of carbonyl (C=O) groups excluding carboxylic acids is 1. The first kappa shape index (κ1) is 17.2. The van der Waals surface area contributed by atoms with Crippen LogP contribution >= 0.6 is 11.3 Å². The molecule has 2 heterocycles. The average Bonchev–Trinajstić information content (AvgIpc) is 2.99. The van der Waals surface area contributed by atoms with Crippen LogP contribution in [-0.2, 0) is 10.3 Å². The molecule has 1 aromatic heterocycles. The zero-order valence-electron chi connectivity index (χ0n) is 12.6. The third-order valence-corrected chi connectivity index (χ3v) is 4.98. The molecule has 22 heavy (non-hydrogen) atoms. The van der Waals surface area contributed by atoms with Crippen LogP contribution in [0.25, 0.3) is 0 Å². The van der Waals surface area contributed by atoms with Crippen molar-refractivity contribution in [3.8, 4) is 0 Å². The molecule has 1 unspecified atom stereocenters. The number of likely N-dealkylation sites (tertiary alicyclic amines) is 1. The van der Waals surface area contributed by atoms with Crippen molar-refractivity contribution in [3.05, 3.63) is 16.6 Å². The number of thiazole rings is 1. The molecule has 1 N–H and O–H groups in total. The maximum Gasteiger partial charge on any atom is 0.393 e. The monoisotopic (exact) mass is 335 g/mol. The van der Waals surface area contributed by atoms with Crippen LogP contribution in [0.5, 0.6) is 0 Å². The molecule has 124 valence electrons. The molecule has 4 nitrogen and oxygen atoms in total. The topological polar surface area (TPSA) is 45.2 Å². The molecule has 1 atom stereocenters. The molecule has 1 amide bonds. The molecule has 1 aromatic rings. The summed E-state index contributed by atoms with van der Waals surface area (Å²) >= 11 is 1.47. The Bertz CT molecular complexity index is 502. The van der Waals surface area contributed by atoms with E-state index in [1.165, 1.54) is 16.2 Å². The van der Waals surface area contributed by atoms with Crippen molar-refractivity contribution in [2.75, 3.05) is 19.6 Å². The Morgan fingerprint density at radius 3 is 2.82 bits per heavy atom. The standard InChI is InChI=1S/C14H20F3N3OS/c1-13(2,12-18-5-7-22-12)19-8-11(21)20-6-3-4-10(9-20)14(15,16)17/h5,7,10,19H,3-4,6,8-9H2,1-2H3. The van der Waals surface area contributed by atoms with E-state index in [1.807, 2.05) is 19.2 Å². The minimum Gasteiger partial charge on any atom is -0.341 e. The number of alkyl halides is 3. The lowest BCUT2D eigenvalue weighted by atomic mass is 9.97. The van der Waals surface area contributed by atoms with Gasteiger partial charge in [-0.05, 0) is 26.7 Å². The Morgan fingerprint density at radius 2 is 2.23 bits per heavy atom. The number of piperidine rings is 1. The van der Waals surface area contributed by atoms with E-state index in [2.05, 4.69) is 10.3 Å². The summed E-state index contributed by atoms with van der Waals surface area (Å²) in [5.41, 5.74) is -0.483. The summed E-state index contributed by atoms with van der Waals surface area (Å²) < 4.78 is 38.3. The first-order valence-corrected chi connectivity index (χ1v) is 8.07. The number of aromatic nitrogens is 1. The van der Waals surface area contributed by atoms with Crippen LogP contribution in [-0.4, -0.2) is 41.6 Å². The van der Waals surface area contributed by atoms with Crippen LogP contribution in [0.15, 0.2) is 11.6 Å². The lowest BCUT2D eigenvalue weighted by Gasteiger charge is -2.34. The summed E-state index contributed by atoms with van der Waals surface area (Å²) in [7, 11) is 0. The van der Waals surface area contributed by atoms with Gasteiger partial charge in [0.1, 0.15) is 5.01 Å². The van der Waals surface area contributed by atoms with Crippen molar-refractivity contribution in [2.45, 2.75) is 38.4 Å². The number of rotatable bonds is 4. The zero-order chi connectivity index (χ0) is 16.4. The molecule has 8 heteroatoms. The second-order valence-corrected chi connectivity index (χ2v) is 6.93. The van der Waals surface area contributed by atoms with Gasteiger partial charge in [0.2, 0.25) is 5.91 Å². The Kier molecular flexibility index (Phi) is 5.11. The molecule has 0 radical (unpaired) electrons. The van der Waals surface area contributed by atoms with Crippen LogP contribution in [0.1, 0.15) is 31.7 Å². The van der Waals surface area contributed by atoms with Crippen molar-refractivity contribution in [2.24, 2.45) is 5.92 Å². The first-order chi connectivity index (χ1) is 10.2. The van der Waals surface area contributed by atoms with E-state index < -0.39 is 17.6 Å². The van der Waals surface area contributed by atoms with Crippen LogP contribution in [0.4, 0.5) is 13.2 Å². The fourth-order valence-corrected chi connectivity index (χ4v) is 3.23. The van der Waals surface area contributed by atoms with Crippen LogP contribution < -0.4 is 5.32 Å². The second kappa shape index (κ2) is 6.54. The van der Waals surface area contributed by atoms with Gasteiger partial charge in [0.25, 0.3) is 0 Å². The lowest BCUT2D eigenvalue weighted by molar-refractivity contribution is -0.187. The molecule has 0 spiro atoms. The quantitative estimate of drug-likeness (QED) is 0.920. The summed E-state index contributed by atoms with van der Waals surface area (Å²) in [5.74, 6) is -1.70. The Labute approximate surface area is 131 Å². The number of nitrogens with one attached hydrogen (secondary N) is 1. The van der Waals surface area contributed by atoms with Gasteiger partial charge in [0.15, 0.2) is 0 Å². The van der Waals surface area contributed by atoms with E-state index in [9.17, 15) is 18.0 Å². The van der Waals surface area contributed by atoms with Gasteiger partial charge in [-0.2, -0.15) is 13.2 Å². The summed E-state index contributed by atoms with van der Waals surface area (Å²) in [5, 5.41) is 5.77. The maximum atomic E-state index is 12.8. The fraction of sp³-hybridized carbons (Fsp3) is 0.714. The predicted molar refractivity (Wildman–Crippen MR) is 78.5 cm³/mol. The van der Waals surface area contributed by atoms with E-state index >= 15 is 0 Å². The highest BCUT2D eigenvalue weighted by atomic mass is 32.1. The summed E-state index contributed by atoms with van der Waals surface area (Å²) in [6, 6.07) is 0. The SMILES string of the molecule is CC(C)(NCC(=O)N1CCCC(C(F)(F)F)C1)c1nccs1. The van der Waals surface area contributed by atoms with Crippen molar-refractivity contribution >= 4 is 17.2 Å². The minimum absolute atomic E-state index is 0.0111. The number of nitrogens with zero attached hydrogens (tertiary/aromatic N) is 2. The largest absolute Gasteiger partial charge is 0.393 e. The molecule has 0 aromatic carbocycles. The summed E-state index contributed by atoms with van der Waals surface area (Å²) in [6.07, 6.45) is -2.05. The van der Waals surface area contributed by atoms with Gasteiger partial charge >= 0.3 is 6.18 Å². The normalized spacial score (nSPS) is 20.2. The molecule has 0 aliphatic carbocycles. The van der Waals surface area contributed by atoms with Gasteiger partial charge in [-0.15, -0.1) is 11.3 Å². The molecule has 2 rings (SSSR count). The molecule has 0 bridgehead atoms. The van der Waals surface area contributed by atoms with Crippen LogP contribution in [0, 0.1) is 5.92 Å². The number of hydrogen-bond acceptors (Lipinski definition) is 4. The third-order valence-electron chi connectivity index (χ3n) is 3.89. The van der Waals surface area contributed by atoms with Gasteiger partial charge < -0.3 is 4.90 Å². The molecule has 1 aliphatic heterocycles. The summed E-state index contributed by atoms with van der Waals surface area (Å²) in [4.78, 5) is 17.7. The van der Waals surface area contributed by atoms with Gasteiger partial charge in [-0.3, -0.25) is 10.1 Å². The molecule has 0 saturated carbocycles. The average molecular weight is 335 g/mol. The third kappa shape index (κ3) is 4.19. The van der Waals surface area contributed by atoms with Crippen LogP contribution in [0.3, 0.4) is 0 Å². The van der Waals surface area contributed by atoms with E-state index in [0.717, 1.165) is 5.01 Å². The van der Waals surface area contributed by atoms with Crippen molar-refractivity contribution < 1.29 is 18.0 Å². The Morgan fingerprint density at radius 1 is 1.50 bits per heavy atom. The van der Waals surface area contributed by atoms with Gasteiger partial charge in [0.05, 0.1) is 18.0 Å². The number of halogens is 3. The second-order valence-electron chi connectivity index (χ2n) is 6.04. The Hall–Kier alpha value is -1.15. The Balaban J connectivity index is 1.89. The predicted octanol–water partition coefficient (Wildman–Crippen LogP) is 2.77. The number of carbonyl (C=O) groups is 1. The fourth-order valence-electron chi connectivity index (χ4n) is 2.49. The first-order valence-electron chi connectivity index (χ1n) is 7.19. The number of hydrogen-bond donors (Lipinski definition) is 1. The van der Waals surface area contributed by atoms with Gasteiger partial charge in [0, 0.05) is 24.7 Å². The minimum atomic E-state index is -4.23. The van der Waals surface area contributed by atoms with Crippen molar-refractivity contribution in [1.82, 2.24) is 15.2 Å².